The van der Waals surface area contributed by atoms with Gasteiger partial charge in [0.25, 0.3) is 11.8 Å². The molecule has 5 nitrogen and oxygen atoms in total. The van der Waals surface area contributed by atoms with E-state index in [2.05, 4.69) is 15.8 Å². The van der Waals surface area contributed by atoms with E-state index in [-0.39, 0.29) is 17.1 Å². The van der Waals surface area contributed by atoms with E-state index in [1.54, 1.807) is 13.0 Å². The number of amides is 2. The van der Waals surface area contributed by atoms with Gasteiger partial charge in [0.15, 0.2) is 0 Å². The monoisotopic (exact) mass is 377 g/mol. The van der Waals surface area contributed by atoms with Crippen molar-refractivity contribution in [3.8, 4) is 0 Å². The molecule has 0 heterocycles. The first kappa shape index (κ1) is 19.0. The molecule has 0 saturated heterocycles. The summed E-state index contributed by atoms with van der Waals surface area (Å²) in [5, 5.41) is 7.16. The Morgan fingerprint density at radius 1 is 1.08 bits per heavy atom. The summed E-state index contributed by atoms with van der Waals surface area (Å²) in [5.41, 5.74) is 5.37. The molecule has 0 radical (unpaired) electrons. The predicted molar refractivity (Wildman–Crippen MR) is 100 cm³/mol. The van der Waals surface area contributed by atoms with Crippen molar-refractivity contribution in [3.05, 3.63) is 69.2 Å². The number of rotatable bonds is 5. The van der Waals surface area contributed by atoms with E-state index in [9.17, 15) is 9.59 Å². The Morgan fingerprint density at radius 2 is 1.76 bits per heavy atom. The maximum Gasteiger partial charge on any atom is 0.259 e. The van der Waals surface area contributed by atoms with Crippen LogP contribution in [0.25, 0.3) is 0 Å². The fourth-order valence-electron chi connectivity index (χ4n) is 1.97. The normalized spacial score (nSPS) is 11.1. The molecule has 0 bridgehead atoms. The zero-order chi connectivity index (χ0) is 18.4. The van der Waals surface area contributed by atoms with Gasteiger partial charge in [-0.2, -0.15) is 5.10 Å². The summed E-state index contributed by atoms with van der Waals surface area (Å²) in [5.74, 6) is -0.902. The average Bonchev–Trinajstić information content (AvgIpc) is 2.58. The molecule has 25 heavy (non-hydrogen) atoms. The number of hydrogen-bond donors (Lipinski definition) is 2. The molecule has 0 unspecified atom stereocenters. The van der Waals surface area contributed by atoms with Gasteiger partial charge < -0.3 is 5.32 Å². The lowest BCUT2D eigenvalue weighted by molar-refractivity contribution is -0.120. The molecular formula is C18H17Cl2N3O2. The van der Waals surface area contributed by atoms with E-state index in [4.69, 9.17) is 23.2 Å². The fraction of sp³-hybridized carbons (Fsp3) is 0.167. The molecule has 2 rings (SSSR count). The minimum Gasteiger partial charge on any atom is -0.343 e. The summed E-state index contributed by atoms with van der Waals surface area (Å²) in [6.45, 7) is 3.56. The Kier molecular flexibility index (Phi) is 6.56. The molecule has 0 spiro atoms. The molecule has 0 fully saturated rings. The number of aryl methyl sites for hydroxylation is 1. The van der Waals surface area contributed by atoms with Gasteiger partial charge in [0.2, 0.25) is 0 Å². The van der Waals surface area contributed by atoms with Crippen molar-refractivity contribution in [1.82, 2.24) is 10.7 Å². The molecule has 2 amide bonds. The molecular weight excluding hydrogens is 361 g/mol. The molecule has 2 N–H and O–H groups in total. The Morgan fingerprint density at radius 3 is 2.40 bits per heavy atom. The van der Waals surface area contributed by atoms with Crippen LogP contribution in [-0.2, 0) is 4.79 Å². The standard InChI is InChI=1S/C18H17Cl2N3O2/c1-11-3-5-13(6-4-11)12(2)22-23-17(24)10-21-18(25)15-8-7-14(19)9-16(15)20/h3-9H,10H2,1-2H3,(H,21,25)(H,23,24)/b22-12+. The fourth-order valence-corrected chi connectivity index (χ4v) is 2.47. The predicted octanol–water partition coefficient (Wildman–Crippen LogP) is 3.57. The van der Waals surface area contributed by atoms with Crippen molar-refractivity contribution in [1.29, 1.82) is 0 Å². The van der Waals surface area contributed by atoms with Crippen LogP contribution in [0.1, 0.15) is 28.4 Å². The van der Waals surface area contributed by atoms with E-state index in [0.717, 1.165) is 11.1 Å². The van der Waals surface area contributed by atoms with Crippen LogP contribution in [0.5, 0.6) is 0 Å². The van der Waals surface area contributed by atoms with Gasteiger partial charge in [-0.15, -0.1) is 0 Å². The number of hydrazone groups is 1. The third kappa shape index (κ3) is 5.59. The highest BCUT2D eigenvalue weighted by atomic mass is 35.5. The summed E-state index contributed by atoms with van der Waals surface area (Å²) in [6.07, 6.45) is 0. The van der Waals surface area contributed by atoms with Gasteiger partial charge in [-0.25, -0.2) is 5.43 Å². The van der Waals surface area contributed by atoms with Gasteiger partial charge in [-0.05, 0) is 37.6 Å². The van der Waals surface area contributed by atoms with E-state index >= 15 is 0 Å². The second-order valence-corrected chi connectivity index (χ2v) is 6.25. The summed E-state index contributed by atoms with van der Waals surface area (Å²) in [7, 11) is 0. The summed E-state index contributed by atoms with van der Waals surface area (Å²) < 4.78 is 0. The van der Waals surface area contributed by atoms with E-state index in [1.165, 1.54) is 12.1 Å². The lowest BCUT2D eigenvalue weighted by atomic mass is 10.1. The molecule has 2 aromatic rings. The minimum absolute atomic E-state index is 0.220. The highest BCUT2D eigenvalue weighted by Gasteiger charge is 2.12. The van der Waals surface area contributed by atoms with Crippen LogP contribution in [0.2, 0.25) is 10.0 Å². The molecule has 0 aliphatic carbocycles. The van der Waals surface area contributed by atoms with Crippen molar-refractivity contribution in [2.24, 2.45) is 5.10 Å². The van der Waals surface area contributed by atoms with Crippen LogP contribution in [0.3, 0.4) is 0 Å². The molecule has 0 aliphatic heterocycles. The lowest BCUT2D eigenvalue weighted by Crippen LogP contribution is -2.35. The zero-order valence-electron chi connectivity index (χ0n) is 13.8. The molecule has 2 aromatic carbocycles. The van der Waals surface area contributed by atoms with Gasteiger partial charge in [-0.3, -0.25) is 9.59 Å². The SMILES string of the molecule is C/C(=N\NC(=O)CNC(=O)c1ccc(Cl)cc1Cl)c1ccc(C)cc1. The first-order valence-corrected chi connectivity index (χ1v) is 8.26. The third-order valence-corrected chi connectivity index (χ3v) is 3.95. The Labute approximate surface area is 156 Å². The Balaban J connectivity index is 1.88. The van der Waals surface area contributed by atoms with Gasteiger partial charge in [0.1, 0.15) is 0 Å². The Hall–Kier alpha value is -2.37. The summed E-state index contributed by atoms with van der Waals surface area (Å²) in [6, 6.07) is 12.3. The third-order valence-electron chi connectivity index (χ3n) is 3.40. The maximum atomic E-state index is 12.0. The van der Waals surface area contributed by atoms with E-state index in [1.807, 2.05) is 31.2 Å². The number of halogens is 2. The number of nitrogens with one attached hydrogen (secondary N) is 2. The van der Waals surface area contributed by atoms with E-state index < -0.39 is 11.8 Å². The van der Waals surface area contributed by atoms with Crippen LogP contribution in [0.4, 0.5) is 0 Å². The first-order chi connectivity index (χ1) is 11.9. The summed E-state index contributed by atoms with van der Waals surface area (Å²) >= 11 is 11.7. The van der Waals surface area contributed by atoms with Crippen molar-refractivity contribution >= 4 is 40.7 Å². The second-order valence-electron chi connectivity index (χ2n) is 5.41. The van der Waals surface area contributed by atoms with Gasteiger partial charge in [0, 0.05) is 5.02 Å². The number of benzene rings is 2. The molecule has 130 valence electrons. The molecule has 0 aromatic heterocycles. The van der Waals surface area contributed by atoms with Crippen molar-refractivity contribution < 1.29 is 9.59 Å². The van der Waals surface area contributed by atoms with Gasteiger partial charge in [-0.1, -0.05) is 53.0 Å². The zero-order valence-corrected chi connectivity index (χ0v) is 15.3. The van der Waals surface area contributed by atoms with Crippen molar-refractivity contribution in [3.63, 3.8) is 0 Å². The highest BCUT2D eigenvalue weighted by Crippen LogP contribution is 2.20. The number of carbonyl (C=O) groups excluding carboxylic acids is 2. The first-order valence-electron chi connectivity index (χ1n) is 7.50. The van der Waals surface area contributed by atoms with Crippen LogP contribution >= 0.6 is 23.2 Å². The minimum atomic E-state index is -0.462. The van der Waals surface area contributed by atoms with Gasteiger partial charge >= 0.3 is 0 Å². The number of carbonyl (C=O) groups is 2. The largest absolute Gasteiger partial charge is 0.343 e. The van der Waals surface area contributed by atoms with Gasteiger partial charge in [0.05, 0.1) is 22.8 Å². The number of hydrogen-bond acceptors (Lipinski definition) is 3. The van der Waals surface area contributed by atoms with Crippen LogP contribution in [0, 0.1) is 6.92 Å². The highest BCUT2D eigenvalue weighted by molar-refractivity contribution is 6.36. The topological polar surface area (TPSA) is 70.6 Å². The second kappa shape index (κ2) is 8.65. The molecule has 0 saturated carbocycles. The average molecular weight is 378 g/mol. The number of nitrogens with zero attached hydrogens (tertiary/aromatic N) is 1. The molecule has 0 aliphatic rings. The van der Waals surface area contributed by atoms with Crippen LogP contribution in [-0.4, -0.2) is 24.1 Å². The van der Waals surface area contributed by atoms with Crippen LogP contribution in [0.15, 0.2) is 47.6 Å². The molecule has 0 atom stereocenters. The summed E-state index contributed by atoms with van der Waals surface area (Å²) in [4.78, 5) is 23.8. The van der Waals surface area contributed by atoms with Crippen molar-refractivity contribution in [2.75, 3.05) is 6.54 Å². The quantitative estimate of drug-likeness (QED) is 0.617. The van der Waals surface area contributed by atoms with Crippen LogP contribution < -0.4 is 10.7 Å². The van der Waals surface area contributed by atoms with E-state index in [0.29, 0.717) is 10.7 Å². The Bertz CT molecular complexity index is 818. The lowest BCUT2D eigenvalue weighted by Gasteiger charge is -2.07. The maximum absolute atomic E-state index is 12.0. The smallest absolute Gasteiger partial charge is 0.259 e. The molecule has 7 heteroatoms. The van der Waals surface area contributed by atoms with Crippen molar-refractivity contribution in [2.45, 2.75) is 13.8 Å².